The van der Waals surface area contributed by atoms with Crippen LogP contribution < -0.4 is 5.32 Å². The van der Waals surface area contributed by atoms with Crippen LogP contribution in [-0.4, -0.2) is 12.5 Å². The monoisotopic (exact) mass is 165 g/mol. The minimum atomic E-state index is 0.360. The van der Waals surface area contributed by atoms with E-state index in [1.807, 2.05) is 0 Å². The van der Waals surface area contributed by atoms with Crippen molar-refractivity contribution in [3.63, 3.8) is 0 Å². The fourth-order valence-electron chi connectivity index (χ4n) is 3.23. The molecule has 1 amide bonds. The minimum Gasteiger partial charge on any atom is -0.356 e. The molecule has 66 valence electrons. The topological polar surface area (TPSA) is 29.1 Å². The Bertz CT molecular complexity index is 226. The summed E-state index contributed by atoms with van der Waals surface area (Å²) in [5, 5.41) is 3.00. The average Bonchev–Trinajstić information content (AvgIpc) is 2.82. The van der Waals surface area contributed by atoms with E-state index in [1.54, 1.807) is 0 Å². The summed E-state index contributed by atoms with van der Waals surface area (Å²) >= 11 is 0. The predicted octanol–water partition coefficient (Wildman–Crippen LogP) is 1.17. The van der Waals surface area contributed by atoms with E-state index in [2.05, 4.69) is 5.32 Å². The zero-order valence-corrected chi connectivity index (χ0v) is 7.25. The fraction of sp³-hybridized carbons (Fsp3) is 0.900. The maximum Gasteiger partial charge on any atom is 0.223 e. The largest absolute Gasteiger partial charge is 0.356 e. The lowest BCUT2D eigenvalue weighted by molar-refractivity contribution is -0.130. The van der Waals surface area contributed by atoms with Crippen LogP contribution in [0.25, 0.3) is 0 Å². The van der Waals surface area contributed by atoms with Crippen LogP contribution in [0, 0.1) is 23.7 Å². The lowest BCUT2D eigenvalue weighted by Crippen LogP contribution is -2.44. The van der Waals surface area contributed by atoms with Crippen molar-refractivity contribution in [1.82, 2.24) is 5.32 Å². The van der Waals surface area contributed by atoms with Gasteiger partial charge in [-0.25, -0.2) is 0 Å². The van der Waals surface area contributed by atoms with Gasteiger partial charge in [-0.15, -0.1) is 0 Å². The van der Waals surface area contributed by atoms with E-state index in [1.165, 1.54) is 25.7 Å². The van der Waals surface area contributed by atoms with Crippen molar-refractivity contribution in [3.8, 4) is 0 Å². The number of carbonyl (C=O) groups excluding carboxylic acids is 1. The van der Waals surface area contributed by atoms with Crippen LogP contribution in [0.3, 0.4) is 0 Å². The van der Waals surface area contributed by atoms with Gasteiger partial charge in [0.25, 0.3) is 0 Å². The molecule has 2 nitrogen and oxygen atoms in total. The number of nitrogens with one attached hydrogen (secondary N) is 1. The number of hydrogen-bond donors (Lipinski definition) is 1. The summed E-state index contributed by atoms with van der Waals surface area (Å²) in [4.78, 5) is 11.6. The van der Waals surface area contributed by atoms with E-state index in [9.17, 15) is 4.79 Å². The van der Waals surface area contributed by atoms with Gasteiger partial charge in [-0.2, -0.15) is 0 Å². The van der Waals surface area contributed by atoms with Gasteiger partial charge < -0.3 is 5.32 Å². The Morgan fingerprint density at radius 3 is 2.92 bits per heavy atom. The van der Waals surface area contributed by atoms with E-state index < -0.39 is 0 Å². The van der Waals surface area contributed by atoms with Crippen molar-refractivity contribution < 1.29 is 4.79 Å². The highest BCUT2D eigenvalue weighted by molar-refractivity contribution is 5.80. The van der Waals surface area contributed by atoms with Crippen LogP contribution in [0.2, 0.25) is 0 Å². The summed E-state index contributed by atoms with van der Waals surface area (Å²) in [6.07, 6.45) is 5.30. The zero-order chi connectivity index (χ0) is 8.13. The lowest BCUT2D eigenvalue weighted by atomic mass is 9.75. The molecule has 2 saturated carbocycles. The Hall–Kier alpha value is -0.530. The normalized spacial score (nSPS) is 50.5. The molecule has 2 heteroatoms. The van der Waals surface area contributed by atoms with Crippen molar-refractivity contribution >= 4 is 5.91 Å². The molecule has 0 bridgehead atoms. The highest BCUT2D eigenvalue weighted by Gasteiger charge is 2.52. The van der Waals surface area contributed by atoms with Crippen molar-refractivity contribution in [2.45, 2.75) is 25.7 Å². The summed E-state index contributed by atoms with van der Waals surface area (Å²) in [6, 6.07) is 0. The molecule has 0 aromatic heterocycles. The molecule has 4 unspecified atom stereocenters. The number of fused-ring (bicyclic) bond motifs is 3. The van der Waals surface area contributed by atoms with Gasteiger partial charge in [-0.1, -0.05) is 0 Å². The third-order valence-electron chi connectivity index (χ3n) is 3.97. The molecular formula is C10H15NO. The van der Waals surface area contributed by atoms with Crippen LogP contribution in [0.5, 0.6) is 0 Å². The maximum absolute atomic E-state index is 11.6. The number of amides is 1. The van der Waals surface area contributed by atoms with E-state index in [0.29, 0.717) is 11.8 Å². The van der Waals surface area contributed by atoms with Crippen LogP contribution in [0.4, 0.5) is 0 Å². The maximum atomic E-state index is 11.6. The summed E-state index contributed by atoms with van der Waals surface area (Å²) < 4.78 is 0. The number of piperidine rings is 1. The smallest absolute Gasteiger partial charge is 0.223 e. The number of rotatable bonds is 0. The summed E-state index contributed by atoms with van der Waals surface area (Å²) in [6.45, 7) is 0.928. The van der Waals surface area contributed by atoms with Gasteiger partial charge in [0.1, 0.15) is 0 Å². The van der Waals surface area contributed by atoms with Gasteiger partial charge in [0.05, 0.1) is 0 Å². The van der Waals surface area contributed by atoms with E-state index in [-0.39, 0.29) is 0 Å². The molecule has 3 aliphatic rings. The molecule has 2 aliphatic carbocycles. The molecule has 1 aliphatic heterocycles. The van der Waals surface area contributed by atoms with Gasteiger partial charge in [-0.05, 0) is 43.4 Å². The first-order valence-electron chi connectivity index (χ1n) is 5.14. The zero-order valence-electron chi connectivity index (χ0n) is 7.25. The molecule has 12 heavy (non-hydrogen) atoms. The first-order valence-corrected chi connectivity index (χ1v) is 5.14. The fourth-order valence-corrected chi connectivity index (χ4v) is 3.23. The molecule has 1 N–H and O–H groups in total. The van der Waals surface area contributed by atoms with Crippen LogP contribution >= 0.6 is 0 Å². The number of hydrogen-bond acceptors (Lipinski definition) is 1. The third kappa shape index (κ3) is 0.838. The first-order chi connectivity index (χ1) is 5.86. The molecule has 3 rings (SSSR count). The van der Waals surface area contributed by atoms with Crippen LogP contribution in [0.15, 0.2) is 0 Å². The van der Waals surface area contributed by atoms with Gasteiger partial charge in [0, 0.05) is 12.5 Å². The SMILES string of the molecule is O=C1NCCC2CCC3CC3C12. The molecule has 1 heterocycles. The molecule has 4 atom stereocenters. The quantitative estimate of drug-likeness (QED) is 0.573. The highest BCUT2D eigenvalue weighted by Crippen LogP contribution is 2.56. The molecule has 0 aromatic carbocycles. The van der Waals surface area contributed by atoms with Gasteiger partial charge >= 0.3 is 0 Å². The minimum absolute atomic E-state index is 0.360. The second kappa shape index (κ2) is 2.24. The van der Waals surface area contributed by atoms with Gasteiger partial charge in [0.2, 0.25) is 5.91 Å². The molecule has 3 fully saturated rings. The van der Waals surface area contributed by atoms with Gasteiger partial charge in [0.15, 0.2) is 0 Å². The van der Waals surface area contributed by atoms with Crippen molar-refractivity contribution in [2.75, 3.05) is 6.54 Å². The predicted molar refractivity (Wildman–Crippen MR) is 45.4 cm³/mol. The molecule has 1 saturated heterocycles. The molecule has 0 radical (unpaired) electrons. The van der Waals surface area contributed by atoms with Crippen LogP contribution in [-0.2, 0) is 4.79 Å². The average molecular weight is 165 g/mol. The molecule has 0 spiro atoms. The second-order valence-electron chi connectivity index (χ2n) is 4.60. The van der Waals surface area contributed by atoms with Crippen molar-refractivity contribution in [3.05, 3.63) is 0 Å². The van der Waals surface area contributed by atoms with E-state index in [0.717, 1.165) is 24.3 Å². The third-order valence-corrected chi connectivity index (χ3v) is 3.97. The molecular weight excluding hydrogens is 150 g/mol. The Kier molecular flexibility index (Phi) is 1.29. The van der Waals surface area contributed by atoms with Crippen molar-refractivity contribution in [2.24, 2.45) is 23.7 Å². The Morgan fingerprint density at radius 2 is 2.00 bits per heavy atom. The first kappa shape index (κ1) is 6.93. The Morgan fingerprint density at radius 1 is 1.17 bits per heavy atom. The standard InChI is InChI=1S/C10H15NO/c12-10-9-6(3-4-11-10)1-2-7-5-8(7)9/h6-9H,1-5H2,(H,11,12). The Balaban J connectivity index is 1.84. The summed E-state index contributed by atoms with van der Waals surface area (Å²) in [7, 11) is 0. The molecule has 0 aromatic rings. The van der Waals surface area contributed by atoms with Gasteiger partial charge in [-0.3, -0.25) is 4.79 Å². The Labute approximate surface area is 72.7 Å². The summed E-state index contributed by atoms with van der Waals surface area (Å²) in [5.74, 6) is 3.22. The second-order valence-corrected chi connectivity index (χ2v) is 4.60. The lowest BCUT2D eigenvalue weighted by Gasteiger charge is -2.34. The summed E-state index contributed by atoms with van der Waals surface area (Å²) in [5.41, 5.74) is 0. The number of carbonyl (C=O) groups is 1. The van der Waals surface area contributed by atoms with Crippen molar-refractivity contribution in [1.29, 1.82) is 0 Å². The van der Waals surface area contributed by atoms with E-state index in [4.69, 9.17) is 0 Å². The van der Waals surface area contributed by atoms with Crippen LogP contribution in [0.1, 0.15) is 25.7 Å². The van der Waals surface area contributed by atoms with E-state index >= 15 is 0 Å². The highest BCUT2D eigenvalue weighted by atomic mass is 16.2.